The molecule has 2 bridgehead atoms. The lowest BCUT2D eigenvalue weighted by Crippen LogP contribution is -2.64. The SMILES string of the molecule is O=C(N[C@H]1C2CCN(CC2)[C@H]1Cc1cccnc1)c1cc(F)cc(F)c1. The van der Waals surface area contributed by atoms with E-state index in [1.54, 1.807) is 6.20 Å². The second-order valence-corrected chi connectivity index (χ2v) is 7.16. The molecule has 26 heavy (non-hydrogen) atoms. The molecule has 2 atom stereocenters. The van der Waals surface area contributed by atoms with E-state index in [1.807, 2.05) is 18.3 Å². The Morgan fingerprint density at radius 1 is 1.19 bits per heavy atom. The van der Waals surface area contributed by atoms with E-state index in [2.05, 4.69) is 15.2 Å². The molecule has 3 aliphatic rings. The Bertz CT molecular complexity index is 771. The zero-order valence-electron chi connectivity index (χ0n) is 14.4. The summed E-state index contributed by atoms with van der Waals surface area (Å²) in [7, 11) is 0. The zero-order chi connectivity index (χ0) is 18.1. The molecule has 1 amide bonds. The molecule has 136 valence electrons. The summed E-state index contributed by atoms with van der Waals surface area (Å²) in [6.07, 6.45) is 6.46. The maximum Gasteiger partial charge on any atom is 0.251 e. The van der Waals surface area contributed by atoms with Crippen LogP contribution in [0.2, 0.25) is 0 Å². The van der Waals surface area contributed by atoms with Crippen LogP contribution in [0, 0.1) is 17.6 Å². The van der Waals surface area contributed by atoms with Crippen LogP contribution in [0.1, 0.15) is 28.8 Å². The van der Waals surface area contributed by atoms with Crippen LogP contribution < -0.4 is 5.32 Å². The van der Waals surface area contributed by atoms with Crippen molar-refractivity contribution in [1.82, 2.24) is 15.2 Å². The number of hydrogen-bond donors (Lipinski definition) is 1. The van der Waals surface area contributed by atoms with Crippen LogP contribution in [0.5, 0.6) is 0 Å². The first kappa shape index (κ1) is 17.1. The van der Waals surface area contributed by atoms with E-state index in [-0.39, 0.29) is 17.6 Å². The summed E-state index contributed by atoms with van der Waals surface area (Å²) in [5, 5.41) is 3.06. The summed E-state index contributed by atoms with van der Waals surface area (Å²) < 4.78 is 26.9. The Kier molecular flexibility index (Phi) is 4.68. The number of amides is 1. The van der Waals surface area contributed by atoms with Gasteiger partial charge in [0.1, 0.15) is 11.6 Å². The van der Waals surface area contributed by atoms with Crippen LogP contribution in [-0.4, -0.2) is 41.0 Å². The van der Waals surface area contributed by atoms with Gasteiger partial charge >= 0.3 is 0 Å². The lowest BCUT2D eigenvalue weighted by atomic mass is 9.76. The number of nitrogens with zero attached hydrogens (tertiary/aromatic N) is 2. The molecule has 0 spiro atoms. The van der Waals surface area contributed by atoms with Crippen molar-refractivity contribution >= 4 is 5.91 Å². The van der Waals surface area contributed by atoms with Gasteiger partial charge in [-0.1, -0.05) is 6.07 Å². The molecule has 3 aliphatic heterocycles. The average Bonchev–Trinajstić information content (AvgIpc) is 2.64. The van der Waals surface area contributed by atoms with Crippen LogP contribution in [-0.2, 0) is 6.42 Å². The minimum Gasteiger partial charge on any atom is -0.347 e. The molecule has 3 fully saturated rings. The Balaban J connectivity index is 1.55. The van der Waals surface area contributed by atoms with Gasteiger partial charge < -0.3 is 5.32 Å². The summed E-state index contributed by atoms with van der Waals surface area (Å²) in [5.74, 6) is -1.51. The minimum atomic E-state index is -0.740. The maximum atomic E-state index is 13.4. The number of fused-ring (bicyclic) bond motifs is 3. The Morgan fingerprint density at radius 2 is 1.92 bits per heavy atom. The summed E-state index contributed by atoms with van der Waals surface area (Å²) >= 11 is 0. The summed E-state index contributed by atoms with van der Waals surface area (Å²) in [4.78, 5) is 19.2. The molecule has 0 unspecified atom stereocenters. The lowest BCUT2D eigenvalue weighted by Gasteiger charge is -2.51. The summed E-state index contributed by atoms with van der Waals surface area (Å²) in [6.45, 7) is 2.05. The quantitative estimate of drug-likeness (QED) is 0.915. The Hall–Kier alpha value is -2.34. The highest BCUT2D eigenvalue weighted by atomic mass is 19.1. The Labute approximate surface area is 151 Å². The predicted molar refractivity (Wildman–Crippen MR) is 93.6 cm³/mol. The third-order valence-electron chi connectivity index (χ3n) is 5.56. The number of hydrogen-bond acceptors (Lipinski definition) is 3. The van der Waals surface area contributed by atoms with Gasteiger partial charge in [0.15, 0.2) is 0 Å². The number of aromatic nitrogens is 1. The molecule has 0 saturated carbocycles. The molecule has 4 heterocycles. The van der Waals surface area contributed by atoms with Gasteiger partial charge in [-0.15, -0.1) is 0 Å². The molecule has 5 rings (SSSR count). The van der Waals surface area contributed by atoms with Crippen LogP contribution in [0.4, 0.5) is 8.78 Å². The first-order chi connectivity index (χ1) is 12.6. The van der Waals surface area contributed by atoms with Crippen molar-refractivity contribution in [3.63, 3.8) is 0 Å². The first-order valence-corrected chi connectivity index (χ1v) is 9.00. The van der Waals surface area contributed by atoms with Crippen molar-refractivity contribution in [2.45, 2.75) is 31.3 Å². The van der Waals surface area contributed by atoms with Gasteiger partial charge in [-0.25, -0.2) is 8.78 Å². The fourth-order valence-electron chi connectivity index (χ4n) is 4.30. The summed E-state index contributed by atoms with van der Waals surface area (Å²) in [5.41, 5.74) is 1.15. The van der Waals surface area contributed by atoms with Gasteiger partial charge in [0.05, 0.1) is 0 Å². The number of pyridine rings is 1. The van der Waals surface area contributed by atoms with Gasteiger partial charge in [-0.2, -0.15) is 0 Å². The largest absolute Gasteiger partial charge is 0.347 e. The van der Waals surface area contributed by atoms with Crippen molar-refractivity contribution in [3.8, 4) is 0 Å². The number of nitrogens with one attached hydrogen (secondary N) is 1. The number of halogens is 2. The van der Waals surface area contributed by atoms with Crippen LogP contribution in [0.3, 0.4) is 0 Å². The van der Waals surface area contributed by atoms with E-state index >= 15 is 0 Å². The first-order valence-electron chi connectivity index (χ1n) is 9.00. The Morgan fingerprint density at radius 3 is 2.58 bits per heavy atom. The summed E-state index contributed by atoms with van der Waals surface area (Å²) in [6, 6.07) is 7.03. The van der Waals surface area contributed by atoms with E-state index < -0.39 is 17.5 Å². The normalized spacial score (nSPS) is 27.3. The fourth-order valence-corrected chi connectivity index (χ4v) is 4.30. The molecular formula is C20H21F2N3O. The van der Waals surface area contributed by atoms with E-state index in [1.165, 1.54) is 0 Å². The molecule has 2 aromatic rings. The minimum absolute atomic E-state index is 0.0269. The maximum absolute atomic E-state index is 13.4. The number of rotatable bonds is 4. The molecule has 0 aliphatic carbocycles. The number of benzene rings is 1. The smallest absolute Gasteiger partial charge is 0.251 e. The zero-order valence-corrected chi connectivity index (χ0v) is 14.4. The molecule has 1 aromatic carbocycles. The van der Waals surface area contributed by atoms with Gasteiger partial charge in [0.25, 0.3) is 5.91 Å². The van der Waals surface area contributed by atoms with Crippen LogP contribution >= 0.6 is 0 Å². The highest BCUT2D eigenvalue weighted by Crippen LogP contribution is 2.34. The van der Waals surface area contributed by atoms with Crippen molar-refractivity contribution in [2.24, 2.45) is 5.92 Å². The van der Waals surface area contributed by atoms with Gasteiger partial charge in [-0.3, -0.25) is 14.7 Å². The molecule has 3 saturated heterocycles. The highest BCUT2D eigenvalue weighted by molar-refractivity contribution is 5.94. The molecule has 1 N–H and O–H groups in total. The van der Waals surface area contributed by atoms with E-state index in [4.69, 9.17) is 0 Å². The molecule has 1 aromatic heterocycles. The van der Waals surface area contributed by atoms with Crippen LogP contribution in [0.25, 0.3) is 0 Å². The van der Waals surface area contributed by atoms with E-state index in [0.717, 1.165) is 56.1 Å². The number of piperidine rings is 3. The molecule has 6 heteroatoms. The van der Waals surface area contributed by atoms with E-state index in [0.29, 0.717) is 5.92 Å². The van der Waals surface area contributed by atoms with Crippen molar-refractivity contribution in [3.05, 3.63) is 65.5 Å². The third kappa shape index (κ3) is 3.46. The van der Waals surface area contributed by atoms with Crippen molar-refractivity contribution in [1.29, 1.82) is 0 Å². The van der Waals surface area contributed by atoms with Gasteiger partial charge in [0, 0.05) is 36.1 Å². The standard InChI is InChI=1S/C20H21F2N3O/c21-16-9-15(10-17(22)11-16)20(26)24-19-14-3-6-25(7-4-14)18(19)8-13-2-1-5-23-12-13/h1-2,5,9-12,14,18-19H,3-4,6-8H2,(H,24,26)/t18-,19-/m0/s1. The van der Waals surface area contributed by atoms with Gasteiger partial charge in [0.2, 0.25) is 0 Å². The van der Waals surface area contributed by atoms with Crippen molar-refractivity contribution < 1.29 is 13.6 Å². The fraction of sp³-hybridized carbons (Fsp3) is 0.400. The second-order valence-electron chi connectivity index (χ2n) is 7.16. The molecule has 0 radical (unpaired) electrons. The average molecular weight is 357 g/mol. The van der Waals surface area contributed by atoms with Gasteiger partial charge in [-0.05, 0) is 62.0 Å². The highest BCUT2D eigenvalue weighted by Gasteiger charge is 2.42. The number of carbonyl (C=O) groups excluding carboxylic acids is 1. The lowest BCUT2D eigenvalue weighted by molar-refractivity contribution is 0.0136. The molecule has 4 nitrogen and oxygen atoms in total. The molecular weight excluding hydrogens is 336 g/mol. The van der Waals surface area contributed by atoms with E-state index in [9.17, 15) is 13.6 Å². The van der Waals surface area contributed by atoms with Crippen molar-refractivity contribution in [2.75, 3.05) is 13.1 Å². The second kappa shape index (κ2) is 7.11. The predicted octanol–water partition coefficient (Wildman–Crippen LogP) is 2.80. The monoisotopic (exact) mass is 357 g/mol. The topological polar surface area (TPSA) is 45.2 Å². The number of carbonyl (C=O) groups is 1. The third-order valence-corrected chi connectivity index (χ3v) is 5.56. The van der Waals surface area contributed by atoms with Crippen LogP contribution in [0.15, 0.2) is 42.7 Å².